The predicted octanol–water partition coefficient (Wildman–Crippen LogP) is 1.51. The summed E-state index contributed by atoms with van der Waals surface area (Å²) in [7, 11) is 1.19. The number of phenolic OH excluding ortho intramolecular Hbond substituents is 1. The first-order chi connectivity index (χ1) is 7.11. The van der Waals surface area contributed by atoms with Crippen molar-refractivity contribution < 1.29 is 23.4 Å². The van der Waals surface area contributed by atoms with Crippen LogP contribution in [0.1, 0.15) is 5.56 Å². The molecule has 1 aromatic rings. The van der Waals surface area contributed by atoms with E-state index in [1.165, 1.54) is 7.11 Å². The number of methoxy groups -OCH3 is 1. The first kappa shape index (κ1) is 11.1. The number of aromatic hydroxyl groups is 1. The van der Waals surface area contributed by atoms with Crippen LogP contribution in [-0.4, -0.2) is 18.3 Å². The molecule has 0 aliphatic rings. The highest BCUT2D eigenvalue weighted by atomic mass is 19.2. The van der Waals surface area contributed by atoms with Gasteiger partial charge in [-0.15, -0.1) is 0 Å². The van der Waals surface area contributed by atoms with Crippen LogP contribution < -0.4 is 4.74 Å². The molecule has 0 amide bonds. The molecular formula is C9H7F2NO3. The summed E-state index contributed by atoms with van der Waals surface area (Å²) in [5.74, 6) is -3.23. The molecule has 1 rings (SSSR count). The largest absolute Gasteiger partial charge is 0.504 e. The molecule has 6 heteroatoms. The van der Waals surface area contributed by atoms with Crippen LogP contribution >= 0.6 is 0 Å². The van der Waals surface area contributed by atoms with E-state index in [2.05, 4.69) is 9.73 Å². The summed E-state index contributed by atoms with van der Waals surface area (Å²) >= 11 is 0. The molecule has 0 unspecified atom stereocenters. The number of phenols is 1. The van der Waals surface area contributed by atoms with Gasteiger partial charge in [0.25, 0.3) is 0 Å². The Balaban J connectivity index is 3.32. The van der Waals surface area contributed by atoms with E-state index in [9.17, 15) is 18.7 Å². The third kappa shape index (κ3) is 2.11. The lowest BCUT2D eigenvalue weighted by molar-refractivity contribution is 0.359. The van der Waals surface area contributed by atoms with Crippen molar-refractivity contribution in [1.82, 2.24) is 0 Å². The van der Waals surface area contributed by atoms with Gasteiger partial charge in [-0.25, -0.2) is 18.6 Å². The maximum absolute atomic E-state index is 13.1. The standard InChI is InChI=1S/C9H7F2NO3/c1-15-7-2-6(10)8(11)5(9(7)14)3-12-4-13/h2,14H,3H2,1H3. The van der Waals surface area contributed by atoms with E-state index in [-0.39, 0.29) is 5.75 Å². The lowest BCUT2D eigenvalue weighted by atomic mass is 10.1. The van der Waals surface area contributed by atoms with E-state index in [0.717, 1.165) is 6.08 Å². The van der Waals surface area contributed by atoms with Crippen LogP contribution in [-0.2, 0) is 11.3 Å². The molecule has 0 bridgehead atoms. The molecule has 15 heavy (non-hydrogen) atoms. The SMILES string of the molecule is COc1cc(F)c(F)c(CN=C=O)c1O. The van der Waals surface area contributed by atoms with Crippen molar-refractivity contribution >= 4 is 6.08 Å². The number of ether oxygens (including phenoxy) is 1. The number of benzene rings is 1. The molecule has 0 heterocycles. The van der Waals surface area contributed by atoms with Crippen molar-refractivity contribution in [2.75, 3.05) is 7.11 Å². The maximum Gasteiger partial charge on any atom is 0.235 e. The number of isocyanates is 1. The van der Waals surface area contributed by atoms with Gasteiger partial charge in [-0.05, 0) is 0 Å². The van der Waals surface area contributed by atoms with Crippen molar-refractivity contribution in [2.24, 2.45) is 4.99 Å². The number of carbonyl (C=O) groups excluding carboxylic acids is 1. The molecule has 80 valence electrons. The summed E-state index contributed by atoms with van der Waals surface area (Å²) in [6, 6.07) is 0.707. The lowest BCUT2D eigenvalue weighted by Gasteiger charge is -2.08. The molecule has 0 radical (unpaired) electrons. The number of hydrogen-bond donors (Lipinski definition) is 1. The van der Waals surface area contributed by atoms with Crippen LogP contribution in [0.25, 0.3) is 0 Å². The maximum atomic E-state index is 13.1. The average molecular weight is 215 g/mol. The van der Waals surface area contributed by atoms with Gasteiger partial charge < -0.3 is 9.84 Å². The molecule has 0 aliphatic carbocycles. The Morgan fingerprint density at radius 3 is 2.80 bits per heavy atom. The quantitative estimate of drug-likeness (QED) is 0.614. The number of halogens is 2. The van der Waals surface area contributed by atoms with Crippen molar-refractivity contribution in [3.8, 4) is 11.5 Å². The summed E-state index contributed by atoms with van der Waals surface area (Å²) in [6.07, 6.45) is 1.16. The van der Waals surface area contributed by atoms with Gasteiger partial charge in [0.05, 0.1) is 19.2 Å². The highest BCUT2D eigenvalue weighted by molar-refractivity contribution is 5.47. The lowest BCUT2D eigenvalue weighted by Crippen LogP contribution is -1.97. The third-order valence-electron chi connectivity index (χ3n) is 1.77. The first-order valence-electron chi connectivity index (χ1n) is 3.89. The van der Waals surface area contributed by atoms with E-state index in [4.69, 9.17) is 0 Å². The highest BCUT2D eigenvalue weighted by Crippen LogP contribution is 2.33. The molecular weight excluding hydrogens is 208 g/mol. The Kier molecular flexibility index (Phi) is 3.36. The van der Waals surface area contributed by atoms with Gasteiger partial charge in [0.1, 0.15) is 0 Å². The topological polar surface area (TPSA) is 58.9 Å². The van der Waals surface area contributed by atoms with Gasteiger partial charge in [0.15, 0.2) is 23.1 Å². The number of hydrogen-bond acceptors (Lipinski definition) is 4. The van der Waals surface area contributed by atoms with Gasteiger partial charge in [-0.3, -0.25) is 0 Å². The number of rotatable bonds is 3. The van der Waals surface area contributed by atoms with Crippen LogP contribution in [0.5, 0.6) is 11.5 Å². The predicted molar refractivity (Wildman–Crippen MR) is 46.4 cm³/mol. The van der Waals surface area contributed by atoms with Gasteiger partial charge >= 0.3 is 0 Å². The summed E-state index contributed by atoms with van der Waals surface area (Å²) in [6.45, 7) is -0.491. The van der Waals surface area contributed by atoms with E-state index in [0.29, 0.717) is 6.07 Å². The molecule has 0 spiro atoms. The minimum Gasteiger partial charge on any atom is -0.504 e. The number of aliphatic imine (C=N–C) groups is 1. The Bertz CT molecular complexity index is 428. The van der Waals surface area contributed by atoms with Crippen molar-refractivity contribution in [2.45, 2.75) is 6.54 Å². The summed E-state index contributed by atoms with van der Waals surface area (Å²) < 4.78 is 30.7. The van der Waals surface area contributed by atoms with Gasteiger partial charge in [-0.2, -0.15) is 0 Å². The molecule has 0 aliphatic heterocycles. The van der Waals surface area contributed by atoms with Gasteiger partial charge in [0, 0.05) is 6.07 Å². The second kappa shape index (κ2) is 4.52. The molecule has 4 nitrogen and oxygen atoms in total. The molecule has 0 saturated heterocycles. The Hall–Kier alpha value is -1.94. The zero-order valence-electron chi connectivity index (χ0n) is 7.75. The van der Waals surface area contributed by atoms with Gasteiger partial charge in [0.2, 0.25) is 6.08 Å². The Morgan fingerprint density at radius 1 is 1.60 bits per heavy atom. The highest BCUT2D eigenvalue weighted by Gasteiger charge is 2.18. The first-order valence-corrected chi connectivity index (χ1v) is 3.89. The molecule has 0 aromatic heterocycles. The van der Waals surface area contributed by atoms with Gasteiger partial charge in [-0.1, -0.05) is 0 Å². The van der Waals surface area contributed by atoms with E-state index < -0.39 is 29.5 Å². The second-order valence-electron chi connectivity index (χ2n) is 2.61. The van der Waals surface area contributed by atoms with Crippen LogP contribution in [0, 0.1) is 11.6 Å². The minimum absolute atomic E-state index is 0.218. The van der Waals surface area contributed by atoms with E-state index in [1.807, 2.05) is 0 Å². The van der Waals surface area contributed by atoms with E-state index in [1.54, 1.807) is 0 Å². The van der Waals surface area contributed by atoms with Crippen molar-refractivity contribution in [3.63, 3.8) is 0 Å². The average Bonchev–Trinajstić information content (AvgIpc) is 2.23. The monoisotopic (exact) mass is 215 g/mol. The smallest absolute Gasteiger partial charge is 0.235 e. The molecule has 0 atom stereocenters. The fourth-order valence-electron chi connectivity index (χ4n) is 1.05. The van der Waals surface area contributed by atoms with Crippen molar-refractivity contribution in [1.29, 1.82) is 0 Å². The molecule has 0 saturated carbocycles. The summed E-state index contributed by atoms with van der Waals surface area (Å²) in [4.78, 5) is 12.9. The Labute approximate surface area is 83.8 Å². The molecule has 1 N–H and O–H groups in total. The zero-order chi connectivity index (χ0) is 11.4. The fourth-order valence-corrected chi connectivity index (χ4v) is 1.05. The summed E-state index contributed by atoms with van der Waals surface area (Å²) in [5.41, 5.74) is -0.435. The van der Waals surface area contributed by atoms with Crippen LogP contribution in [0.15, 0.2) is 11.1 Å². The number of nitrogens with zero attached hydrogens (tertiary/aromatic N) is 1. The molecule has 0 fully saturated rings. The second-order valence-corrected chi connectivity index (χ2v) is 2.61. The fraction of sp³-hybridized carbons (Fsp3) is 0.222. The van der Waals surface area contributed by atoms with Crippen molar-refractivity contribution in [3.05, 3.63) is 23.3 Å². The van der Waals surface area contributed by atoms with Crippen LogP contribution in [0.4, 0.5) is 8.78 Å². The van der Waals surface area contributed by atoms with Crippen LogP contribution in [0.2, 0.25) is 0 Å². The Morgan fingerprint density at radius 2 is 2.27 bits per heavy atom. The van der Waals surface area contributed by atoms with Crippen LogP contribution in [0.3, 0.4) is 0 Å². The zero-order valence-corrected chi connectivity index (χ0v) is 7.75. The van der Waals surface area contributed by atoms with E-state index >= 15 is 0 Å². The minimum atomic E-state index is -1.26. The third-order valence-corrected chi connectivity index (χ3v) is 1.77. The normalized spacial score (nSPS) is 9.53. The molecule has 1 aromatic carbocycles. The summed E-state index contributed by atoms with van der Waals surface area (Å²) in [5, 5.41) is 9.40.